The van der Waals surface area contributed by atoms with Gasteiger partial charge in [-0.05, 0) is 71.8 Å². The SMILES string of the molecule is CC1=CC2C(=C1[Si](C)(C)C1=C3C=CN(c4ccccc4)C3C=C1C)C=CN2c1ccccc1. The summed E-state index contributed by atoms with van der Waals surface area (Å²) in [7, 11) is -1.93. The van der Waals surface area contributed by atoms with Crippen LogP contribution in [0.5, 0.6) is 0 Å². The molecule has 0 N–H and O–H groups in total. The molecule has 0 aromatic heterocycles. The van der Waals surface area contributed by atoms with Crippen LogP contribution in [-0.2, 0) is 0 Å². The molecule has 0 radical (unpaired) electrons. The summed E-state index contributed by atoms with van der Waals surface area (Å²) >= 11 is 0. The Morgan fingerprint density at radius 1 is 0.606 bits per heavy atom. The Hall–Kier alpha value is -3.30. The van der Waals surface area contributed by atoms with Crippen LogP contribution < -0.4 is 9.80 Å². The van der Waals surface area contributed by atoms with Crippen molar-refractivity contribution in [3.05, 3.63) is 130 Å². The summed E-state index contributed by atoms with van der Waals surface area (Å²) < 4.78 is 0. The summed E-state index contributed by atoms with van der Waals surface area (Å²) in [5, 5.41) is 3.23. The molecule has 0 bridgehead atoms. The predicted molar refractivity (Wildman–Crippen MR) is 143 cm³/mol. The standard InChI is InChI=1S/C30H30N2Si/c1-21-19-27-25(15-17-31(27)23-11-7-5-8-12-23)29(21)33(3,4)30-22(2)20-28-26(30)16-18-32(28)24-13-9-6-10-14-24/h5-20,27-28H,1-4H3. The van der Waals surface area contributed by atoms with Crippen molar-refractivity contribution in [2.75, 3.05) is 9.80 Å². The fourth-order valence-corrected chi connectivity index (χ4v) is 10.7. The molecule has 2 aliphatic heterocycles. The average molecular weight is 447 g/mol. The van der Waals surface area contributed by atoms with E-state index in [9.17, 15) is 0 Å². The van der Waals surface area contributed by atoms with Crippen LogP contribution in [0.15, 0.2) is 130 Å². The highest BCUT2D eigenvalue weighted by molar-refractivity contribution is 6.92. The number of para-hydroxylation sites is 2. The molecule has 2 atom stereocenters. The van der Waals surface area contributed by atoms with Crippen LogP contribution in [0.4, 0.5) is 11.4 Å². The third-order valence-corrected chi connectivity index (χ3v) is 11.5. The smallest absolute Gasteiger partial charge is 0.113 e. The van der Waals surface area contributed by atoms with E-state index in [0.717, 1.165) is 0 Å². The van der Waals surface area contributed by atoms with E-state index in [1.54, 1.807) is 10.4 Å². The van der Waals surface area contributed by atoms with Gasteiger partial charge in [-0.15, -0.1) is 0 Å². The Morgan fingerprint density at radius 3 is 1.39 bits per heavy atom. The zero-order valence-electron chi connectivity index (χ0n) is 19.8. The Labute approximate surface area is 198 Å². The van der Waals surface area contributed by atoms with Crippen molar-refractivity contribution < 1.29 is 0 Å². The van der Waals surface area contributed by atoms with Gasteiger partial charge in [-0.3, -0.25) is 0 Å². The van der Waals surface area contributed by atoms with Crippen molar-refractivity contribution >= 4 is 19.4 Å². The first kappa shape index (κ1) is 20.3. The molecule has 0 saturated heterocycles. The van der Waals surface area contributed by atoms with Gasteiger partial charge in [0.05, 0.1) is 12.1 Å². The molecule has 2 aliphatic carbocycles. The number of anilines is 2. The Bertz CT molecular complexity index is 1200. The van der Waals surface area contributed by atoms with E-state index in [1.165, 1.54) is 33.7 Å². The molecule has 2 unspecified atom stereocenters. The lowest BCUT2D eigenvalue weighted by atomic mass is 10.1. The summed E-state index contributed by atoms with van der Waals surface area (Å²) in [5.74, 6) is 0. The number of benzene rings is 2. The molecule has 4 aliphatic rings. The number of allylic oxidation sites excluding steroid dienone is 4. The highest BCUT2D eigenvalue weighted by atomic mass is 28.3. The van der Waals surface area contributed by atoms with Crippen LogP contribution >= 0.6 is 0 Å². The summed E-state index contributed by atoms with van der Waals surface area (Å²) in [4.78, 5) is 4.84. The maximum atomic E-state index is 2.55. The van der Waals surface area contributed by atoms with Crippen molar-refractivity contribution in [1.82, 2.24) is 0 Å². The molecular formula is C30H30N2Si. The Kier molecular flexibility index (Phi) is 4.53. The van der Waals surface area contributed by atoms with Gasteiger partial charge >= 0.3 is 0 Å². The minimum Gasteiger partial charge on any atom is -0.337 e. The van der Waals surface area contributed by atoms with Gasteiger partial charge in [0.2, 0.25) is 0 Å². The first-order valence-electron chi connectivity index (χ1n) is 11.9. The Balaban J connectivity index is 1.40. The maximum Gasteiger partial charge on any atom is 0.113 e. The quantitative estimate of drug-likeness (QED) is 0.463. The molecule has 2 aromatic rings. The first-order valence-corrected chi connectivity index (χ1v) is 14.9. The number of hydrogen-bond acceptors (Lipinski definition) is 2. The molecule has 33 heavy (non-hydrogen) atoms. The largest absolute Gasteiger partial charge is 0.337 e. The molecule has 0 saturated carbocycles. The van der Waals surface area contributed by atoms with E-state index >= 15 is 0 Å². The summed E-state index contributed by atoms with van der Waals surface area (Å²) in [6, 6.07) is 22.1. The number of rotatable bonds is 4. The van der Waals surface area contributed by atoms with E-state index in [4.69, 9.17) is 0 Å². The minimum atomic E-state index is -1.93. The topological polar surface area (TPSA) is 6.48 Å². The lowest BCUT2D eigenvalue weighted by Gasteiger charge is -2.31. The molecule has 2 nitrogen and oxygen atoms in total. The monoisotopic (exact) mass is 446 g/mol. The number of fused-ring (bicyclic) bond motifs is 2. The third kappa shape index (κ3) is 2.99. The summed E-state index contributed by atoms with van der Waals surface area (Å²) in [6.45, 7) is 9.75. The molecule has 164 valence electrons. The zero-order valence-corrected chi connectivity index (χ0v) is 20.8. The number of nitrogens with zero attached hydrogens (tertiary/aromatic N) is 2. The van der Waals surface area contributed by atoms with Crippen molar-refractivity contribution in [2.45, 2.75) is 39.0 Å². The van der Waals surface area contributed by atoms with Crippen LogP contribution in [0.1, 0.15) is 13.8 Å². The second-order valence-electron chi connectivity index (χ2n) is 9.99. The fourth-order valence-electron chi connectivity index (χ4n) is 6.43. The van der Waals surface area contributed by atoms with E-state index in [0.29, 0.717) is 12.1 Å². The van der Waals surface area contributed by atoms with Gasteiger partial charge in [-0.25, -0.2) is 0 Å². The van der Waals surface area contributed by atoms with Crippen LogP contribution in [0.2, 0.25) is 13.1 Å². The van der Waals surface area contributed by atoms with Crippen molar-refractivity contribution in [3.63, 3.8) is 0 Å². The van der Waals surface area contributed by atoms with Crippen molar-refractivity contribution in [3.8, 4) is 0 Å². The van der Waals surface area contributed by atoms with Gasteiger partial charge in [0.25, 0.3) is 0 Å². The normalized spacial score (nSPS) is 23.5. The first-order chi connectivity index (χ1) is 16.0. The zero-order chi connectivity index (χ0) is 22.7. The van der Waals surface area contributed by atoms with E-state index in [2.05, 4.69) is 134 Å². The maximum absolute atomic E-state index is 2.55. The minimum absolute atomic E-state index is 0.321. The van der Waals surface area contributed by atoms with Crippen LogP contribution in [0, 0.1) is 0 Å². The van der Waals surface area contributed by atoms with E-state index in [-0.39, 0.29) is 0 Å². The number of hydrogen-bond donors (Lipinski definition) is 0. The van der Waals surface area contributed by atoms with E-state index in [1.807, 2.05) is 0 Å². The third-order valence-electron chi connectivity index (χ3n) is 7.61. The summed E-state index contributed by atoms with van der Waals surface area (Å²) in [5.41, 5.74) is 8.44. The molecule has 0 fully saturated rings. The Morgan fingerprint density at radius 2 is 1.00 bits per heavy atom. The van der Waals surface area contributed by atoms with Crippen molar-refractivity contribution in [1.29, 1.82) is 0 Å². The predicted octanol–water partition coefficient (Wildman–Crippen LogP) is 7.09. The lowest BCUT2D eigenvalue weighted by Crippen LogP contribution is -2.35. The second-order valence-corrected chi connectivity index (χ2v) is 14.2. The van der Waals surface area contributed by atoms with Crippen molar-refractivity contribution in [2.24, 2.45) is 0 Å². The molecule has 0 amide bonds. The lowest BCUT2D eigenvalue weighted by molar-refractivity contribution is 0.951. The molecule has 6 rings (SSSR count). The molecule has 2 aromatic carbocycles. The molecule has 3 heteroatoms. The van der Waals surface area contributed by atoms with Gasteiger partial charge in [-0.1, -0.05) is 72.8 Å². The van der Waals surface area contributed by atoms with Crippen LogP contribution in [0.3, 0.4) is 0 Å². The van der Waals surface area contributed by atoms with Crippen LogP contribution in [-0.4, -0.2) is 20.2 Å². The van der Waals surface area contributed by atoms with E-state index < -0.39 is 8.07 Å². The van der Waals surface area contributed by atoms with Gasteiger partial charge in [0.1, 0.15) is 8.07 Å². The average Bonchev–Trinajstić information content (AvgIpc) is 3.54. The molecular weight excluding hydrogens is 416 g/mol. The van der Waals surface area contributed by atoms with Gasteiger partial charge in [0.15, 0.2) is 0 Å². The highest BCUT2D eigenvalue weighted by Crippen LogP contribution is 2.48. The fraction of sp³-hybridized carbons (Fsp3) is 0.200. The summed E-state index contributed by atoms with van der Waals surface area (Å²) in [6.07, 6.45) is 14.2. The van der Waals surface area contributed by atoms with Gasteiger partial charge in [-0.2, -0.15) is 0 Å². The second kappa shape index (κ2) is 7.36. The molecule has 0 spiro atoms. The van der Waals surface area contributed by atoms with Gasteiger partial charge in [0, 0.05) is 23.8 Å². The van der Waals surface area contributed by atoms with Crippen LogP contribution in [0.25, 0.3) is 0 Å². The molecule has 2 heterocycles. The van der Waals surface area contributed by atoms with Gasteiger partial charge < -0.3 is 9.80 Å². The highest BCUT2D eigenvalue weighted by Gasteiger charge is 2.45.